The zero-order valence-corrected chi connectivity index (χ0v) is 13.0. The number of hydrogen-bond acceptors (Lipinski definition) is 4. The molecule has 1 rings (SSSR count). The number of rotatable bonds is 8. The van der Waals surface area contributed by atoms with E-state index in [9.17, 15) is 14.9 Å². The van der Waals surface area contributed by atoms with E-state index in [1.54, 1.807) is 12.1 Å². The number of halogens is 1. The highest BCUT2D eigenvalue weighted by molar-refractivity contribution is 14.1. The standard InChI is InChI=1S/C13H15IN2O4/c1-2-3-7-20-8-6-15-13(17)11-9-10(16(18)19)4-5-12(11)14/h2,4-5,9H,1,3,6-8H2,(H,15,17). The number of nitrogens with one attached hydrogen (secondary N) is 1. The number of hydrogen-bond donors (Lipinski definition) is 1. The lowest BCUT2D eigenvalue weighted by Crippen LogP contribution is -2.28. The SMILES string of the molecule is C=CCCOCCNC(=O)c1cc([N+](=O)[O-])ccc1I. The minimum Gasteiger partial charge on any atom is -0.379 e. The van der Waals surface area contributed by atoms with Gasteiger partial charge in [-0.1, -0.05) is 6.08 Å². The quantitative estimate of drug-likeness (QED) is 0.243. The number of carbonyl (C=O) groups is 1. The molecular weight excluding hydrogens is 375 g/mol. The average Bonchev–Trinajstić information content (AvgIpc) is 2.42. The minimum absolute atomic E-state index is 0.0993. The lowest BCUT2D eigenvalue weighted by molar-refractivity contribution is -0.384. The zero-order valence-electron chi connectivity index (χ0n) is 10.8. The van der Waals surface area contributed by atoms with E-state index in [1.165, 1.54) is 12.1 Å². The molecule has 0 heterocycles. The Balaban J connectivity index is 2.52. The summed E-state index contributed by atoms with van der Waals surface area (Å²) < 4.78 is 5.92. The molecule has 1 amide bonds. The van der Waals surface area contributed by atoms with Crippen LogP contribution in [0.25, 0.3) is 0 Å². The molecule has 0 aliphatic carbocycles. The molecule has 1 aromatic rings. The van der Waals surface area contributed by atoms with Crippen LogP contribution in [0.2, 0.25) is 0 Å². The molecule has 0 saturated carbocycles. The normalized spacial score (nSPS) is 10.1. The summed E-state index contributed by atoms with van der Waals surface area (Å²) >= 11 is 1.97. The lowest BCUT2D eigenvalue weighted by Gasteiger charge is -2.07. The second kappa shape index (κ2) is 8.64. The van der Waals surface area contributed by atoms with Gasteiger partial charge in [0.15, 0.2) is 0 Å². The third-order valence-corrected chi connectivity index (χ3v) is 3.34. The molecule has 0 aliphatic rings. The number of benzene rings is 1. The summed E-state index contributed by atoms with van der Waals surface area (Å²) in [6, 6.07) is 4.20. The van der Waals surface area contributed by atoms with Gasteiger partial charge in [0.2, 0.25) is 0 Å². The average molecular weight is 390 g/mol. The number of nitro groups is 1. The van der Waals surface area contributed by atoms with Crippen molar-refractivity contribution in [2.24, 2.45) is 0 Å². The van der Waals surface area contributed by atoms with Crippen molar-refractivity contribution in [1.82, 2.24) is 5.32 Å². The van der Waals surface area contributed by atoms with Gasteiger partial charge in [0.05, 0.1) is 23.7 Å². The monoisotopic (exact) mass is 390 g/mol. The number of nitro benzene ring substituents is 1. The predicted molar refractivity (Wildman–Crippen MR) is 83.8 cm³/mol. The molecule has 6 nitrogen and oxygen atoms in total. The van der Waals surface area contributed by atoms with E-state index in [0.29, 0.717) is 28.9 Å². The Bertz CT molecular complexity index is 505. The third kappa shape index (κ3) is 5.25. The number of non-ortho nitro benzene ring substituents is 1. The number of ether oxygens (including phenoxy) is 1. The molecule has 1 aromatic carbocycles. The fourth-order valence-electron chi connectivity index (χ4n) is 1.40. The number of nitrogens with zero attached hydrogens (tertiary/aromatic N) is 1. The third-order valence-electron chi connectivity index (χ3n) is 2.40. The molecule has 1 N–H and O–H groups in total. The first-order chi connectivity index (χ1) is 9.56. The molecule has 0 saturated heterocycles. The first-order valence-corrected chi connectivity index (χ1v) is 7.05. The van der Waals surface area contributed by atoms with Crippen LogP contribution in [0.5, 0.6) is 0 Å². The van der Waals surface area contributed by atoms with Crippen LogP contribution in [0.1, 0.15) is 16.8 Å². The van der Waals surface area contributed by atoms with E-state index in [0.717, 1.165) is 6.42 Å². The Kier molecular flexibility index (Phi) is 7.16. The van der Waals surface area contributed by atoms with E-state index in [2.05, 4.69) is 11.9 Å². The summed E-state index contributed by atoms with van der Waals surface area (Å²) in [5.41, 5.74) is 0.198. The highest BCUT2D eigenvalue weighted by Gasteiger charge is 2.14. The van der Waals surface area contributed by atoms with Gasteiger partial charge in [0, 0.05) is 22.2 Å². The first-order valence-electron chi connectivity index (χ1n) is 5.97. The molecule has 0 fully saturated rings. The van der Waals surface area contributed by atoms with Gasteiger partial charge in [0.1, 0.15) is 0 Å². The Morgan fingerprint density at radius 2 is 2.25 bits per heavy atom. The Hall–Kier alpha value is -1.48. The van der Waals surface area contributed by atoms with Crippen LogP contribution < -0.4 is 5.32 Å². The largest absolute Gasteiger partial charge is 0.379 e. The molecule has 0 spiro atoms. The second-order valence-electron chi connectivity index (χ2n) is 3.87. The van der Waals surface area contributed by atoms with Crippen LogP contribution in [0.15, 0.2) is 30.9 Å². The van der Waals surface area contributed by atoms with Gasteiger partial charge < -0.3 is 10.1 Å². The van der Waals surface area contributed by atoms with Crippen LogP contribution in [0, 0.1) is 13.7 Å². The minimum atomic E-state index is -0.523. The van der Waals surface area contributed by atoms with Gasteiger partial charge >= 0.3 is 0 Å². The summed E-state index contributed by atoms with van der Waals surface area (Å²) in [5, 5.41) is 13.4. The van der Waals surface area contributed by atoms with Gasteiger partial charge in [-0.15, -0.1) is 6.58 Å². The van der Waals surface area contributed by atoms with Crippen molar-refractivity contribution >= 4 is 34.2 Å². The predicted octanol–water partition coefficient (Wildman–Crippen LogP) is 2.52. The Labute approximate surface area is 130 Å². The maximum Gasteiger partial charge on any atom is 0.270 e. The van der Waals surface area contributed by atoms with Crippen molar-refractivity contribution in [3.8, 4) is 0 Å². The number of carbonyl (C=O) groups excluding carboxylic acids is 1. The highest BCUT2D eigenvalue weighted by atomic mass is 127. The molecule has 0 atom stereocenters. The van der Waals surface area contributed by atoms with Gasteiger partial charge in [-0.3, -0.25) is 14.9 Å². The fraction of sp³-hybridized carbons (Fsp3) is 0.308. The molecule has 0 bridgehead atoms. The molecule has 7 heteroatoms. The summed E-state index contributed by atoms with van der Waals surface area (Å²) in [7, 11) is 0. The van der Waals surface area contributed by atoms with Gasteiger partial charge in [-0.2, -0.15) is 0 Å². The van der Waals surface area contributed by atoms with Crippen molar-refractivity contribution in [2.75, 3.05) is 19.8 Å². The maximum atomic E-state index is 11.9. The molecule has 0 aromatic heterocycles. The molecule has 0 radical (unpaired) electrons. The van der Waals surface area contributed by atoms with Crippen molar-refractivity contribution in [3.63, 3.8) is 0 Å². The van der Waals surface area contributed by atoms with Crippen LogP contribution >= 0.6 is 22.6 Å². The van der Waals surface area contributed by atoms with Crippen molar-refractivity contribution in [1.29, 1.82) is 0 Å². The summed E-state index contributed by atoms with van der Waals surface area (Å²) in [6.45, 7) is 4.89. The van der Waals surface area contributed by atoms with Crippen LogP contribution in [0.4, 0.5) is 5.69 Å². The van der Waals surface area contributed by atoms with Crippen molar-refractivity contribution in [3.05, 3.63) is 50.1 Å². The van der Waals surface area contributed by atoms with E-state index in [4.69, 9.17) is 4.74 Å². The lowest BCUT2D eigenvalue weighted by atomic mass is 10.2. The molecule has 20 heavy (non-hydrogen) atoms. The smallest absolute Gasteiger partial charge is 0.270 e. The zero-order chi connectivity index (χ0) is 15.0. The van der Waals surface area contributed by atoms with Crippen molar-refractivity contribution in [2.45, 2.75) is 6.42 Å². The van der Waals surface area contributed by atoms with E-state index >= 15 is 0 Å². The molecule has 0 aliphatic heterocycles. The fourth-order valence-corrected chi connectivity index (χ4v) is 1.98. The summed E-state index contributed by atoms with van der Waals surface area (Å²) in [6.07, 6.45) is 2.51. The summed E-state index contributed by atoms with van der Waals surface area (Å²) in [5.74, 6) is -0.342. The molecular formula is C13H15IN2O4. The maximum absolute atomic E-state index is 11.9. The van der Waals surface area contributed by atoms with Gasteiger partial charge in [0.25, 0.3) is 11.6 Å². The van der Waals surface area contributed by atoms with Crippen molar-refractivity contribution < 1.29 is 14.5 Å². The van der Waals surface area contributed by atoms with E-state index in [-0.39, 0.29) is 11.6 Å². The Morgan fingerprint density at radius 3 is 2.90 bits per heavy atom. The highest BCUT2D eigenvalue weighted by Crippen LogP contribution is 2.19. The Morgan fingerprint density at radius 1 is 1.50 bits per heavy atom. The summed E-state index contributed by atoms with van der Waals surface area (Å²) in [4.78, 5) is 22.1. The number of amides is 1. The topological polar surface area (TPSA) is 81.5 Å². The first kappa shape index (κ1) is 16.6. The second-order valence-corrected chi connectivity index (χ2v) is 5.03. The van der Waals surface area contributed by atoms with Crippen LogP contribution in [-0.2, 0) is 4.74 Å². The van der Waals surface area contributed by atoms with E-state index in [1.807, 2.05) is 22.6 Å². The van der Waals surface area contributed by atoms with Gasteiger partial charge in [-0.25, -0.2) is 0 Å². The molecule has 108 valence electrons. The van der Waals surface area contributed by atoms with Crippen LogP contribution in [0.3, 0.4) is 0 Å². The van der Waals surface area contributed by atoms with Gasteiger partial charge in [-0.05, 0) is 35.1 Å². The van der Waals surface area contributed by atoms with Crippen LogP contribution in [-0.4, -0.2) is 30.6 Å². The molecule has 0 unspecified atom stereocenters. The van der Waals surface area contributed by atoms with E-state index < -0.39 is 4.92 Å².